The number of benzene rings is 1. The number of carbonyl (C=O) groups excluding carboxylic acids is 1. The average Bonchev–Trinajstić information content (AvgIpc) is 3.39. The van der Waals surface area contributed by atoms with Gasteiger partial charge >= 0.3 is 0 Å². The number of nitrogens with zero attached hydrogens (tertiary/aromatic N) is 6. The number of hydrogen-bond donors (Lipinski definition) is 1. The van der Waals surface area contributed by atoms with E-state index in [0.29, 0.717) is 6.54 Å². The van der Waals surface area contributed by atoms with Gasteiger partial charge in [-0.1, -0.05) is 0 Å². The van der Waals surface area contributed by atoms with E-state index in [1.807, 2.05) is 34.6 Å². The van der Waals surface area contributed by atoms with E-state index in [-0.39, 0.29) is 11.8 Å². The van der Waals surface area contributed by atoms with Crippen LogP contribution in [0.5, 0.6) is 0 Å². The monoisotopic (exact) mass is 431 g/mol. The fourth-order valence-electron chi connectivity index (χ4n) is 4.86. The fraction of sp³-hybridized carbons (Fsp3) is 0.417. The molecule has 0 saturated carbocycles. The van der Waals surface area contributed by atoms with Crippen molar-refractivity contribution in [2.45, 2.75) is 32.6 Å². The molecule has 0 radical (unpaired) electrons. The molecule has 0 aliphatic carbocycles. The van der Waals surface area contributed by atoms with Crippen molar-refractivity contribution in [3.05, 3.63) is 47.5 Å². The molecule has 1 atom stereocenters. The maximum atomic E-state index is 12.6. The second kappa shape index (κ2) is 8.02. The van der Waals surface area contributed by atoms with Crippen LogP contribution in [0.1, 0.15) is 35.6 Å². The highest BCUT2D eigenvalue weighted by atomic mass is 16.2. The summed E-state index contributed by atoms with van der Waals surface area (Å²) in [6.07, 6.45) is 5.68. The maximum Gasteiger partial charge on any atom is 0.236 e. The van der Waals surface area contributed by atoms with Crippen molar-refractivity contribution in [1.29, 1.82) is 0 Å². The summed E-state index contributed by atoms with van der Waals surface area (Å²) < 4.78 is 1.83. The van der Waals surface area contributed by atoms with Crippen molar-refractivity contribution in [3.63, 3.8) is 0 Å². The number of likely N-dealkylation sites (tertiary alicyclic amines) is 1. The zero-order valence-corrected chi connectivity index (χ0v) is 19.1. The zero-order valence-electron chi connectivity index (χ0n) is 19.1. The lowest BCUT2D eigenvalue weighted by molar-refractivity contribution is -0.133. The van der Waals surface area contributed by atoms with Crippen LogP contribution in [0.15, 0.2) is 30.7 Å². The first-order valence-corrected chi connectivity index (χ1v) is 11.1. The third-order valence-corrected chi connectivity index (χ3v) is 6.43. The second-order valence-electron chi connectivity index (χ2n) is 9.18. The minimum absolute atomic E-state index is 0.195. The molecule has 1 amide bonds. The van der Waals surface area contributed by atoms with Crippen LogP contribution in [-0.4, -0.2) is 74.2 Å². The molecule has 1 aromatic carbocycles. The lowest BCUT2D eigenvalue weighted by Crippen LogP contribution is -2.43. The van der Waals surface area contributed by atoms with Crippen LogP contribution >= 0.6 is 0 Å². The quantitative estimate of drug-likeness (QED) is 0.537. The first-order valence-electron chi connectivity index (χ1n) is 11.1. The normalized spacial score (nSPS) is 17.0. The molecular formula is C24H29N7O. The summed E-state index contributed by atoms with van der Waals surface area (Å²) in [6, 6.07) is 6.53. The van der Waals surface area contributed by atoms with Crippen molar-refractivity contribution in [2.24, 2.45) is 0 Å². The predicted molar refractivity (Wildman–Crippen MR) is 125 cm³/mol. The molecule has 8 nitrogen and oxygen atoms in total. The molecule has 1 aliphatic heterocycles. The molecule has 1 unspecified atom stereocenters. The molecule has 4 aromatic rings. The standard InChI is InChI=1S/C24H29N7O/c1-15-9-20-21(10-19(15)18-8-16(2)24-25-14-26-31(24)12-18)27-28-23(20)17-6-5-7-30(11-17)22(32)13-29(3)4/h8-10,12,14,17H,5-7,11,13H2,1-4H3,(H,27,28). The van der Waals surface area contributed by atoms with E-state index in [1.54, 1.807) is 6.33 Å². The number of piperidine rings is 1. The third kappa shape index (κ3) is 3.64. The Bertz CT molecular complexity index is 1300. The van der Waals surface area contributed by atoms with Gasteiger partial charge in [-0.25, -0.2) is 9.50 Å². The van der Waals surface area contributed by atoms with E-state index < -0.39 is 0 Å². The van der Waals surface area contributed by atoms with E-state index in [2.05, 4.69) is 52.3 Å². The second-order valence-corrected chi connectivity index (χ2v) is 9.18. The molecule has 1 aliphatic rings. The number of H-pyrrole nitrogens is 1. The van der Waals surface area contributed by atoms with Crippen LogP contribution in [0.2, 0.25) is 0 Å². The lowest BCUT2D eigenvalue weighted by Gasteiger charge is -2.33. The molecule has 3 aromatic heterocycles. The predicted octanol–water partition coefficient (Wildman–Crippen LogP) is 3.16. The van der Waals surface area contributed by atoms with E-state index in [4.69, 9.17) is 0 Å². The molecule has 4 heterocycles. The Morgan fingerprint density at radius 3 is 2.88 bits per heavy atom. The van der Waals surface area contributed by atoms with Crippen molar-refractivity contribution in [1.82, 2.24) is 34.6 Å². The number of fused-ring (bicyclic) bond motifs is 2. The van der Waals surface area contributed by atoms with Crippen LogP contribution in [0, 0.1) is 13.8 Å². The average molecular weight is 432 g/mol. The van der Waals surface area contributed by atoms with E-state index in [1.165, 1.54) is 5.56 Å². The van der Waals surface area contributed by atoms with Gasteiger partial charge in [-0.15, -0.1) is 0 Å². The Labute approximate surface area is 187 Å². The van der Waals surface area contributed by atoms with Gasteiger partial charge in [0.05, 0.1) is 12.1 Å². The summed E-state index contributed by atoms with van der Waals surface area (Å²) in [6.45, 7) is 6.23. The minimum atomic E-state index is 0.195. The molecule has 0 bridgehead atoms. The van der Waals surface area contributed by atoms with Gasteiger partial charge in [0.2, 0.25) is 5.91 Å². The number of rotatable bonds is 4. The number of likely N-dealkylation sites (N-methyl/N-ethyl adjacent to an activating group) is 1. The minimum Gasteiger partial charge on any atom is -0.341 e. The SMILES string of the molecule is Cc1cc2c(C3CCCN(C(=O)CN(C)C)C3)[nH]nc2cc1-c1cc(C)c2ncnn2c1. The van der Waals surface area contributed by atoms with Gasteiger partial charge in [-0.2, -0.15) is 10.2 Å². The number of pyridine rings is 1. The number of carbonyl (C=O) groups is 1. The molecule has 1 N–H and O–H groups in total. The Balaban J connectivity index is 1.48. The van der Waals surface area contributed by atoms with Gasteiger partial charge in [-0.3, -0.25) is 9.89 Å². The molecule has 1 fully saturated rings. The van der Waals surface area contributed by atoms with Crippen molar-refractivity contribution in [2.75, 3.05) is 33.7 Å². The Morgan fingerprint density at radius 1 is 1.22 bits per heavy atom. The van der Waals surface area contributed by atoms with E-state index in [0.717, 1.165) is 64.9 Å². The molecule has 1 saturated heterocycles. The van der Waals surface area contributed by atoms with Crippen molar-refractivity contribution < 1.29 is 4.79 Å². The molecular weight excluding hydrogens is 402 g/mol. The number of aromatic nitrogens is 5. The Kier molecular flexibility index (Phi) is 5.17. The lowest BCUT2D eigenvalue weighted by atomic mass is 9.91. The van der Waals surface area contributed by atoms with E-state index in [9.17, 15) is 4.79 Å². The highest BCUT2D eigenvalue weighted by Gasteiger charge is 2.27. The van der Waals surface area contributed by atoms with Crippen LogP contribution in [0.3, 0.4) is 0 Å². The van der Waals surface area contributed by atoms with Gasteiger partial charge in [0, 0.05) is 41.8 Å². The summed E-state index contributed by atoms with van der Waals surface area (Å²) in [4.78, 5) is 20.8. The van der Waals surface area contributed by atoms with Crippen LogP contribution in [0.25, 0.3) is 27.7 Å². The number of amides is 1. The highest BCUT2D eigenvalue weighted by molar-refractivity contribution is 5.89. The number of nitrogens with one attached hydrogen (secondary N) is 1. The van der Waals surface area contributed by atoms with Crippen LogP contribution in [0.4, 0.5) is 0 Å². The smallest absolute Gasteiger partial charge is 0.236 e. The Hall–Kier alpha value is -3.26. The van der Waals surface area contributed by atoms with Gasteiger partial charge < -0.3 is 9.80 Å². The van der Waals surface area contributed by atoms with Crippen molar-refractivity contribution >= 4 is 22.5 Å². The molecule has 8 heteroatoms. The number of hydrogen-bond acceptors (Lipinski definition) is 5. The molecule has 32 heavy (non-hydrogen) atoms. The summed E-state index contributed by atoms with van der Waals surface area (Å²) in [5, 5.41) is 13.4. The highest BCUT2D eigenvalue weighted by Crippen LogP contribution is 2.34. The van der Waals surface area contributed by atoms with Crippen LogP contribution in [-0.2, 0) is 4.79 Å². The largest absolute Gasteiger partial charge is 0.341 e. The number of aromatic amines is 1. The first kappa shape index (κ1) is 20.6. The van der Waals surface area contributed by atoms with Gasteiger partial charge in [-0.05, 0) is 75.7 Å². The fourth-order valence-corrected chi connectivity index (χ4v) is 4.86. The molecule has 5 rings (SSSR count). The van der Waals surface area contributed by atoms with Gasteiger partial charge in [0.15, 0.2) is 5.65 Å². The number of aryl methyl sites for hydroxylation is 2. The van der Waals surface area contributed by atoms with Gasteiger partial charge in [0.1, 0.15) is 6.33 Å². The summed E-state index contributed by atoms with van der Waals surface area (Å²) in [7, 11) is 3.87. The summed E-state index contributed by atoms with van der Waals surface area (Å²) in [5.41, 5.74) is 7.49. The van der Waals surface area contributed by atoms with Crippen molar-refractivity contribution in [3.8, 4) is 11.1 Å². The summed E-state index contributed by atoms with van der Waals surface area (Å²) in [5.74, 6) is 0.472. The molecule has 166 valence electrons. The van der Waals surface area contributed by atoms with Crippen LogP contribution < -0.4 is 0 Å². The third-order valence-electron chi connectivity index (χ3n) is 6.43. The zero-order chi connectivity index (χ0) is 22.4. The Morgan fingerprint density at radius 2 is 2.06 bits per heavy atom. The molecule has 0 spiro atoms. The topological polar surface area (TPSA) is 82.4 Å². The van der Waals surface area contributed by atoms with E-state index >= 15 is 0 Å². The van der Waals surface area contributed by atoms with Gasteiger partial charge in [0.25, 0.3) is 0 Å². The first-order chi connectivity index (χ1) is 15.4. The summed E-state index contributed by atoms with van der Waals surface area (Å²) >= 11 is 0. The maximum absolute atomic E-state index is 12.6.